The van der Waals surface area contributed by atoms with Crippen molar-refractivity contribution in [3.63, 3.8) is 0 Å². The van der Waals surface area contributed by atoms with Crippen LogP contribution in [0.5, 0.6) is 0 Å². The number of carboxylic acids is 1. The van der Waals surface area contributed by atoms with Gasteiger partial charge in [-0.15, -0.1) is 0 Å². The lowest BCUT2D eigenvalue weighted by molar-refractivity contribution is -0.136. The number of aliphatic carboxylic acids is 1. The van der Waals surface area contributed by atoms with Crippen molar-refractivity contribution in [2.75, 3.05) is 11.9 Å². The summed E-state index contributed by atoms with van der Waals surface area (Å²) >= 11 is 3.36. The van der Waals surface area contributed by atoms with Gasteiger partial charge in [0.25, 0.3) is 0 Å². The van der Waals surface area contributed by atoms with Crippen LogP contribution in [-0.4, -0.2) is 37.8 Å². The average molecular weight is 348 g/mol. The van der Waals surface area contributed by atoms with Gasteiger partial charge in [0.15, 0.2) is 15.1 Å². The van der Waals surface area contributed by atoms with Gasteiger partial charge in [0, 0.05) is 11.5 Å². The Hall–Kier alpha value is -1.08. The second-order valence-electron chi connectivity index (χ2n) is 4.75. The summed E-state index contributed by atoms with van der Waals surface area (Å²) in [6, 6.07) is 2.71. The Morgan fingerprint density at radius 2 is 2.00 bits per heavy atom. The molecule has 0 amide bonds. The van der Waals surface area contributed by atoms with Crippen LogP contribution in [0.2, 0.25) is 0 Å². The summed E-state index contributed by atoms with van der Waals surface area (Å²) < 4.78 is 25.6. The summed E-state index contributed by atoms with van der Waals surface area (Å²) in [4.78, 5) is 13.1. The number of aryl methyl sites for hydroxylation is 1. The molecule has 0 saturated carbocycles. The van der Waals surface area contributed by atoms with E-state index in [1.165, 1.54) is 6.07 Å². The summed E-state index contributed by atoms with van der Waals surface area (Å²) in [7, 11) is -2.18. The van der Waals surface area contributed by atoms with Gasteiger partial charge in [-0.2, -0.15) is 0 Å². The Morgan fingerprint density at radius 3 is 2.53 bits per heavy atom. The first-order valence-corrected chi connectivity index (χ1v) is 8.01. The average Bonchev–Trinajstić information content (AvgIpc) is 2.24. The molecule has 2 atom stereocenters. The number of rotatable bonds is 1. The van der Waals surface area contributed by atoms with Gasteiger partial charge in [0.1, 0.15) is 0 Å². The van der Waals surface area contributed by atoms with Crippen LogP contribution in [0, 0.1) is 6.92 Å². The van der Waals surface area contributed by atoms with Crippen LogP contribution in [0.25, 0.3) is 0 Å². The molecule has 104 valence electrons. The van der Waals surface area contributed by atoms with Crippen molar-refractivity contribution in [1.29, 1.82) is 0 Å². The maximum Gasteiger partial charge on any atom is 0.324 e. The molecule has 0 aromatic heterocycles. The van der Waals surface area contributed by atoms with Crippen molar-refractivity contribution in [2.24, 2.45) is 0 Å². The van der Waals surface area contributed by atoms with Crippen LogP contribution >= 0.6 is 15.9 Å². The second-order valence-corrected chi connectivity index (χ2v) is 7.64. The van der Waals surface area contributed by atoms with Crippen LogP contribution in [-0.2, 0) is 14.6 Å². The molecule has 0 fully saturated rings. The van der Waals surface area contributed by atoms with Crippen LogP contribution in [0.3, 0.4) is 0 Å². The highest BCUT2D eigenvalue weighted by Gasteiger charge is 2.46. The van der Waals surface area contributed by atoms with Gasteiger partial charge in [-0.1, -0.05) is 0 Å². The fourth-order valence-corrected chi connectivity index (χ4v) is 5.50. The standard InChI is InChI=1S/C12H14BrNO4S/c1-6-4-8(13)10-9(5-6)19(17,18)11(12(15)16)7(2)14(10)3/h4-5,7,11H,1-3H3,(H,15,16). The highest BCUT2D eigenvalue weighted by molar-refractivity contribution is 9.10. The topological polar surface area (TPSA) is 74.7 Å². The molecule has 1 N–H and O–H groups in total. The van der Waals surface area contributed by atoms with Crippen molar-refractivity contribution < 1.29 is 18.3 Å². The highest BCUT2D eigenvalue weighted by Crippen LogP contribution is 2.41. The van der Waals surface area contributed by atoms with Gasteiger partial charge in [-0.25, -0.2) is 8.42 Å². The number of carboxylic acid groups (broad SMARTS) is 1. The predicted molar refractivity (Wildman–Crippen MR) is 75.4 cm³/mol. The maximum atomic E-state index is 12.5. The van der Waals surface area contributed by atoms with E-state index in [1.54, 1.807) is 25.8 Å². The molecule has 1 aliphatic heterocycles. The van der Waals surface area contributed by atoms with Crippen molar-refractivity contribution in [1.82, 2.24) is 0 Å². The third kappa shape index (κ3) is 2.04. The van der Waals surface area contributed by atoms with Gasteiger partial charge in [0.2, 0.25) is 0 Å². The van der Waals surface area contributed by atoms with E-state index in [9.17, 15) is 18.3 Å². The Balaban J connectivity index is 2.83. The minimum Gasteiger partial charge on any atom is -0.480 e. The first kappa shape index (κ1) is 14.3. The lowest BCUT2D eigenvalue weighted by atomic mass is 10.1. The number of sulfone groups is 1. The molecule has 19 heavy (non-hydrogen) atoms. The number of hydrogen-bond acceptors (Lipinski definition) is 4. The fourth-order valence-electron chi connectivity index (χ4n) is 2.40. The monoisotopic (exact) mass is 347 g/mol. The molecule has 0 saturated heterocycles. The zero-order chi connectivity index (χ0) is 14.5. The van der Waals surface area contributed by atoms with Crippen molar-refractivity contribution in [3.05, 3.63) is 22.2 Å². The van der Waals surface area contributed by atoms with E-state index < -0.39 is 27.1 Å². The molecule has 0 spiro atoms. The SMILES string of the molecule is Cc1cc(Br)c2c(c1)S(=O)(=O)C(C(=O)O)C(C)N2C. The van der Waals surface area contributed by atoms with Crippen molar-refractivity contribution >= 4 is 37.4 Å². The number of benzene rings is 1. The smallest absolute Gasteiger partial charge is 0.324 e. The van der Waals surface area contributed by atoms with Crippen LogP contribution in [0.15, 0.2) is 21.5 Å². The quantitative estimate of drug-likeness (QED) is 0.838. The van der Waals surface area contributed by atoms with E-state index in [4.69, 9.17) is 0 Å². The summed E-state index contributed by atoms with van der Waals surface area (Å²) in [6.07, 6.45) is 0. The van der Waals surface area contributed by atoms with Gasteiger partial charge >= 0.3 is 5.97 Å². The van der Waals surface area contributed by atoms with Crippen LogP contribution < -0.4 is 4.90 Å². The lowest BCUT2D eigenvalue weighted by Crippen LogP contribution is -2.52. The van der Waals surface area contributed by atoms with Gasteiger partial charge in [-0.3, -0.25) is 4.79 Å². The first-order valence-electron chi connectivity index (χ1n) is 5.67. The first-order chi connectivity index (χ1) is 8.67. The molecule has 2 rings (SSSR count). The predicted octanol–water partition coefficient (Wildman–Crippen LogP) is 1.82. The van der Waals surface area contributed by atoms with E-state index in [0.29, 0.717) is 10.2 Å². The Morgan fingerprint density at radius 1 is 1.42 bits per heavy atom. The van der Waals surface area contributed by atoms with Crippen molar-refractivity contribution in [3.8, 4) is 0 Å². The summed E-state index contributed by atoms with van der Waals surface area (Å²) in [5, 5.41) is 7.76. The van der Waals surface area contributed by atoms with E-state index in [1.807, 2.05) is 6.07 Å². The molecule has 2 unspecified atom stereocenters. The minimum absolute atomic E-state index is 0.0763. The normalized spacial score (nSPS) is 24.9. The third-order valence-corrected chi connectivity index (χ3v) is 6.25. The van der Waals surface area contributed by atoms with Gasteiger partial charge < -0.3 is 10.0 Å². The van der Waals surface area contributed by atoms with E-state index in [-0.39, 0.29) is 4.90 Å². The Kier molecular flexibility index (Phi) is 3.38. The number of halogens is 1. The number of hydrogen-bond donors (Lipinski definition) is 1. The van der Waals surface area contributed by atoms with E-state index >= 15 is 0 Å². The Labute approximate surface area is 120 Å². The molecule has 5 nitrogen and oxygen atoms in total. The molecule has 1 aliphatic rings. The second kappa shape index (κ2) is 4.49. The molecule has 0 bridgehead atoms. The minimum atomic E-state index is -3.88. The van der Waals surface area contributed by atoms with Gasteiger partial charge in [-0.05, 0) is 47.5 Å². The van der Waals surface area contributed by atoms with Crippen molar-refractivity contribution in [2.45, 2.75) is 30.0 Å². The molecule has 1 aromatic carbocycles. The zero-order valence-electron chi connectivity index (χ0n) is 10.7. The van der Waals surface area contributed by atoms with Gasteiger partial charge in [0.05, 0.1) is 16.6 Å². The number of fused-ring (bicyclic) bond motifs is 1. The zero-order valence-corrected chi connectivity index (χ0v) is 13.1. The number of anilines is 1. The maximum absolute atomic E-state index is 12.5. The lowest BCUT2D eigenvalue weighted by Gasteiger charge is -2.38. The third-order valence-electron chi connectivity index (χ3n) is 3.46. The molecule has 1 aromatic rings. The molecule has 1 heterocycles. The summed E-state index contributed by atoms with van der Waals surface area (Å²) in [5.41, 5.74) is 1.29. The largest absolute Gasteiger partial charge is 0.480 e. The highest BCUT2D eigenvalue weighted by atomic mass is 79.9. The Bertz CT molecular complexity index is 656. The van der Waals surface area contributed by atoms with Crippen LogP contribution in [0.1, 0.15) is 12.5 Å². The molecule has 0 radical (unpaired) electrons. The summed E-state index contributed by atoms with van der Waals surface area (Å²) in [5.74, 6) is -1.32. The molecule has 0 aliphatic carbocycles. The van der Waals surface area contributed by atoms with E-state index in [0.717, 1.165) is 5.56 Å². The fraction of sp³-hybridized carbons (Fsp3) is 0.417. The molecular formula is C12H14BrNO4S. The summed E-state index contributed by atoms with van der Waals surface area (Å²) in [6.45, 7) is 3.37. The number of carbonyl (C=O) groups is 1. The number of nitrogens with zero attached hydrogens (tertiary/aromatic N) is 1. The van der Waals surface area contributed by atoms with E-state index in [2.05, 4.69) is 15.9 Å². The molecular weight excluding hydrogens is 334 g/mol. The molecule has 7 heteroatoms. The van der Waals surface area contributed by atoms with Crippen LogP contribution in [0.4, 0.5) is 5.69 Å².